The molecule has 0 unspecified atom stereocenters. The van der Waals surface area contributed by atoms with E-state index in [0.717, 1.165) is 0 Å². The molecule has 7 heteroatoms. The number of nitrogens with zero attached hydrogens (tertiary/aromatic N) is 3. The summed E-state index contributed by atoms with van der Waals surface area (Å²) in [6, 6.07) is 9.61. The first kappa shape index (κ1) is 12.7. The number of nitrogen functional groups attached to an aromatic ring is 1. The minimum Gasteiger partial charge on any atom is -0.384 e. The SMILES string of the molecule is Nc1cccc(-c2nc(-c3ccc(F)c(Br)c3)no2)n1. The Morgan fingerprint density at radius 3 is 2.75 bits per heavy atom. The summed E-state index contributed by atoms with van der Waals surface area (Å²) in [6.07, 6.45) is 0. The van der Waals surface area contributed by atoms with Crippen molar-refractivity contribution in [1.82, 2.24) is 15.1 Å². The molecule has 3 aromatic rings. The Morgan fingerprint density at radius 1 is 1.15 bits per heavy atom. The van der Waals surface area contributed by atoms with Gasteiger partial charge >= 0.3 is 0 Å². The minimum absolute atomic E-state index is 0.257. The summed E-state index contributed by atoms with van der Waals surface area (Å²) < 4.78 is 18.7. The summed E-state index contributed by atoms with van der Waals surface area (Å²) in [6.45, 7) is 0. The van der Waals surface area contributed by atoms with Gasteiger partial charge in [0.05, 0.1) is 4.47 Å². The first-order chi connectivity index (χ1) is 9.63. The van der Waals surface area contributed by atoms with Gasteiger partial charge in [0.25, 0.3) is 5.89 Å². The smallest absolute Gasteiger partial charge is 0.276 e. The number of benzene rings is 1. The average Bonchev–Trinajstić information content (AvgIpc) is 2.92. The maximum absolute atomic E-state index is 13.2. The van der Waals surface area contributed by atoms with Crippen LogP contribution in [0, 0.1) is 5.82 Å². The van der Waals surface area contributed by atoms with Gasteiger partial charge in [-0.1, -0.05) is 11.2 Å². The number of aromatic nitrogens is 3. The van der Waals surface area contributed by atoms with Crippen molar-refractivity contribution >= 4 is 21.7 Å². The summed E-state index contributed by atoms with van der Waals surface area (Å²) in [7, 11) is 0. The van der Waals surface area contributed by atoms with Crippen molar-refractivity contribution in [3.8, 4) is 23.0 Å². The Balaban J connectivity index is 1.99. The second-order valence-corrected chi connectivity index (χ2v) is 4.85. The van der Waals surface area contributed by atoms with E-state index >= 15 is 0 Å². The van der Waals surface area contributed by atoms with Crippen LogP contribution in [0.25, 0.3) is 23.0 Å². The van der Waals surface area contributed by atoms with E-state index in [1.165, 1.54) is 6.07 Å². The maximum Gasteiger partial charge on any atom is 0.276 e. The largest absolute Gasteiger partial charge is 0.384 e. The van der Waals surface area contributed by atoms with Crippen molar-refractivity contribution in [2.75, 3.05) is 5.73 Å². The summed E-state index contributed by atoms with van der Waals surface area (Å²) in [5, 5.41) is 3.85. The third kappa shape index (κ3) is 2.39. The highest BCUT2D eigenvalue weighted by Crippen LogP contribution is 2.25. The molecule has 0 radical (unpaired) electrons. The first-order valence-electron chi connectivity index (χ1n) is 5.65. The fourth-order valence-corrected chi connectivity index (χ4v) is 2.03. The number of anilines is 1. The van der Waals surface area contributed by atoms with Crippen LogP contribution < -0.4 is 5.73 Å². The predicted molar refractivity (Wildman–Crippen MR) is 75.0 cm³/mol. The van der Waals surface area contributed by atoms with Gasteiger partial charge in [-0.3, -0.25) is 0 Å². The number of hydrogen-bond donors (Lipinski definition) is 1. The van der Waals surface area contributed by atoms with Crippen molar-refractivity contribution in [2.24, 2.45) is 0 Å². The molecular weight excluding hydrogens is 327 g/mol. The van der Waals surface area contributed by atoms with Crippen molar-refractivity contribution in [2.45, 2.75) is 0 Å². The fourth-order valence-electron chi connectivity index (χ4n) is 1.65. The number of hydrogen-bond acceptors (Lipinski definition) is 5. The topological polar surface area (TPSA) is 77.8 Å². The molecule has 0 aliphatic carbocycles. The van der Waals surface area contributed by atoms with E-state index in [9.17, 15) is 4.39 Å². The highest BCUT2D eigenvalue weighted by atomic mass is 79.9. The molecular formula is C13H8BrFN4O. The molecule has 0 aliphatic heterocycles. The zero-order chi connectivity index (χ0) is 14.1. The van der Waals surface area contributed by atoms with Gasteiger partial charge in [0, 0.05) is 5.56 Å². The van der Waals surface area contributed by atoms with Gasteiger partial charge in [0.1, 0.15) is 17.3 Å². The summed E-state index contributed by atoms with van der Waals surface area (Å²) in [5.74, 6) is 0.624. The third-order valence-electron chi connectivity index (χ3n) is 2.59. The Kier molecular flexibility index (Phi) is 3.19. The molecule has 3 rings (SSSR count). The van der Waals surface area contributed by atoms with Crippen molar-refractivity contribution in [3.05, 3.63) is 46.7 Å². The van der Waals surface area contributed by atoms with Crippen LogP contribution in [0.5, 0.6) is 0 Å². The molecule has 20 heavy (non-hydrogen) atoms. The van der Waals surface area contributed by atoms with Gasteiger partial charge in [-0.05, 0) is 46.3 Å². The number of rotatable bonds is 2. The van der Waals surface area contributed by atoms with E-state index in [2.05, 4.69) is 31.1 Å². The monoisotopic (exact) mass is 334 g/mol. The molecule has 2 N–H and O–H groups in total. The van der Waals surface area contributed by atoms with Gasteiger partial charge < -0.3 is 10.3 Å². The molecule has 1 aromatic carbocycles. The number of pyridine rings is 1. The molecule has 0 amide bonds. The van der Waals surface area contributed by atoms with Gasteiger partial charge in [-0.2, -0.15) is 4.98 Å². The van der Waals surface area contributed by atoms with E-state index in [1.807, 2.05) is 0 Å². The lowest BCUT2D eigenvalue weighted by Gasteiger charge is -1.97. The predicted octanol–water partition coefficient (Wildman–Crippen LogP) is 3.28. The Hall–Kier alpha value is -2.28. The van der Waals surface area contributed by atoms with Crippen molar-refractivity contribution in [3.63, 3.8) is 0 Å². The lowest BCUT2D eigenvalue weighted by molar-refractivity contribution is 0.431. The molecule has 0 saturated heterocycles. The normalized spacial score (nSPS) is 10.7. The second-order valence-electron chi connectivity index (χ2n) is 4.00. The molecule has 2 aromatic heterocycles. The van der Waals surface area contributed by atoms with E-state index < -0.39 is 0 Å². The molecule has 0 aliphatic rings. The lowest BCUT2D eigenvalue weighted by Crippen LogP contribution is -1.91. The number of nitrogens with two attached hydrogens (primary N) is 1. The Bertz CT molecular complexity index is 775. The molecule has 0 saturated carbocycles. The molecule has 0 fully saturated rings. The van der Waals surface area contributed by atoms with Gasteiger partial charge in [-0.15, -0.1) is 0 Å². The van der Waals surface area contributed by atoms with Crippen molar-refractivity contribution < 1.29 is 8.91 Å². The molecule has 2 heterocycles. The molecule has 5 nitrogen and oxygen atoms in total. The van der Waals surface area contributed by atoms with Gasteiger partial charge in [-0.25, -0.2) is 9.37 Å². The maximum atomic E-state index is 13.2. The molecule has 0 atom stereocenters. The van der Waals surface area contributed by atoms with Gasteiger partial charge in [0.15, 0.2) is 0 Å². The zero-order valence-electron chi connectivity index (χ0n) is 10.0. The van der Waals surface area contributed by atoms with E-state index in [1.54, 1.807) is 30.3 Å². The van der Waals surface area contributed by atoms with E-state index in [-0.39, 0.29) is 11.7 Å². The summed E-state index contributed by atoms with van der Waals surface area (Å²) in [5.41, 5.74) is 6.73. The van der Waals surface area contributed by atoms with Crippen LogP contribution in [-0.2, 0) is 0 Å². The quantitative estimate of drug-likeness (QED) is 0.778. The molecule has 0 bridgehead atoms. The van der Waals surface area contributed by atoms with Crippen LogP contribution in [-0.4, -0.2) is 15.1 Å². The van der Waals surface area contributed by atoms with Crippen LogP contribution in [0.4, 0.5) is 10.2 Å². The van der Waals surface area contributed by atoms with Crippen LogP contribution in [0.15, 0.2) is 45.4 Å². The second kappa shape index (κ2) is 5.01. The number of halogens is 2. The third-order valence-corrected chi connectivity index (χ3v) is 3.20. The Morgan fingerprint density at radius 2 is 2.00 bits per heavy atom. The fraction of sp³-hybridized carbons (Fsp3) is 0. The summed E-state index contributed by atoms with van der Waals surface area (Å²) in [4.78, 5) is 8.32. The van der Waals surface area contributed by atoms with Crippen LogP contribution in [0.2, 0.25) is 0 Å². The van der Waals surface area contributed by atoms with Crippen LogP contribution >= 0.6 is 15.9 Å². The zero-order valence-corrected chi connectivity index (χ0v) is 11.6. The van der Waals surface area contributed by atoms with Crippen LogP contribution in [0.3, 0.4) is 0 Å². The average molecular weight is 335 g/mol. The first-order valence-corrected chi connectivity index (χ1v) is 6.45. The van der Waals surface area contributed by atoms with E-state index in [0.29, 0.717) is 27.4 Å². The lowest BCUT2D eigenvalue weighted by atomic mass is 10.2. The Labute approximate surface area is 121 Å². The van der Waals surface area contributed by atoms with E-state index in [4.69, 9.17) is 10.3 Å². The van der Waals surface area contributed by atoms with Crippen molar-refractivity contribution in [1.29, 1.82) is 0 Å². The highest BCUT2D eigenvalue weighted by Gasteiger charge is 2.13. The standard InChI is InChI=1S/C13H8BrFN4O/c14-8-6-7(4-5-9(8)15)12-18-13(20-19-12)10-2-1-3-11(16)17-10/h1-6H,(H2,16,17). The molecule has 0 spiro atoms. The van der Waals surface area contributed by atoms with Gasteiger partial charge in [0.2, 0.25) is 5.82 Å². The van der Waals surface area contributed by atoms with Crippen LogP contribution in [0.1, 0.15) is 0 Å². The summed E-state index contributed by atoms with van der Waals surface area (Å²) >= 11 is 3.11. The molecule has 100 valence electrons. The highest BCUT2D eigenvalue weighted by molar-refractivity contribution is 9.10. The minimum atomic E-state index is -0.352.